The van der Waals surface area contributed by atoms with Crippen molar-refractivity contribution < 1.29 is 14.6 Å². The summed E-state index contributed by atoms with van der Waals surface area (Å²) < 4.78 is 5.01. The Morgan fingerprint density at radius 2 is 2.21 bits per heavy atom. The third-order valence-electron chi connectivity index (χ3n) is 1.55. The molecule has 0 saturated carbocycles. The predicted octanol–water partition coefficient (Wildman–Crippen LogP) is -0.890. The maximum atomic E-state index is 11.0. The zero-order valence-electron chi connectivity index (χ0n) is 8.88. The summed E-state index contributed by atoms with van der Waals surface area (Å²) in [6, 6.07) is 0. The molecule has 0 fully saturated rings. The molecule has 0 heterocycles. The van der Waals surface area contributed by atoms with Gasteiger partial charge in [0.05, 0.1) is 19.3 Å². The van der Waals surface area contributed by atoms with Gasteiger partial charge in [-0.15, -0.1) is 0 Å². The van der Waals surface area contributed by atoms with Crippen LogP contribution in [-0.4, -0.2) is 50.0 Å². The van der Waals surface area contributed by atoms with E-state index in [1.165, 1.54) is 0 Å². The Bertz CT molecular complexity index is 153. The number of carbonyl (C=O) groups excluding carboxylic acids is 1. The van der Waals surface area contributed by atoms with Gasteiger partial charge in [-0.2, -0.15) is 0 Å². The molecule has 0 aromatic rings. The highest BCUT2D eigenvalue weighted by Gasteiger charge is 2.04. The van der Waals surface area contributed by atoms with Crippen molar-refractivity contribution in [2.75, 3.05) is 32.8 Å². The number of likely N-dealkylation sites (N-methyl/N-ethyl adjacent to an activating group) is 1. The number of ether oxygens (including phenoxy) is 1. The Labute approximate surface area is 84.8 Å². The Kier molecular flexibility index (Phi) is 8.51. The number of hydrogen-bond acceptors (Lipinski definition) is 4. The first-order valence-corrected chi connectivity index (χ1v) is 4.93. The minimum Gasteiger partial charge on any atom is -0.389 e. The van der Waals surface area contributed by atoms with Crippen LogP contribution in [0.15, 0.2) is 0 Å². The maximum Gasteiger partial charge on any atom is 0.233 e. The molecule has 0 aliphatic heterocycles. The molecule has 1 unspecified atom stereocenters. The summed E-state index contributed by atoms with van der Waals surface area (Å²) in [7, 11) is 0. The van der Waals surface area contributed by atoms with E-state index >= 15 is 0 Å². The first-order chi connectivity index (χ1) is 6.70. The minimum absolute atomic E-state index is 0.0592. The molecule has 3 N–H and O–H groups in total. The molecule has 0 aliphatic rings. The highest BCUT2D eigenvalue weighted by molar-refractivity contribution is 5.77. The van der Waals surface area contributed by atoms with Gasteiger partial charge in [0.15, 0.2) is 0 Å². The molecule has 0 bridgehead atoms. The maximum absolute atomic E-state index is 11.0. The Morgan fingerprint density at radius 3 is 2.79 bits per heavy atom. The van der Waals surface area contributed by atoms with Gasteiger partial charge in [0.2, 0.25) is 5.91 Å². The van der Waals surface area contributed by atoms with Crippen LogP contribution in [0.2, 0.25) is 0 Å². The number of nitrogens with one attached hydrogen (secondary N) is 2. The van der Waals surface area contributed by atoms with E-state index in [1.54, 1.807) is 0 Å². The standard InChI is InChI=1S/C9H20N2O3/c1-3-11-9(13)6-10-5-8(12)7-14-4-2/h8,10,12H,3-7H2,1-2H3,(H,11,13). The van der Waals surface area contributed by atoms with Crippen molar-refractivity contribution in [3.63, 3.8) is 0 Å². The Balaban J connectivity index is 3.29. The molecule has 84 valence electrons. The van der Waals surface area contributed by atoms with Crippen molar-refractivity contribution in [3.8, 4) is 0 Å². The fraction of sp³-hybridized carbons (Fsp3) is 0.889. The summed E-state index contributed by atoms with van der Waals surface area (Å²) in [6.45, 7) is 5.86. The molecule has 5 nitrogen and oxygen atoms in total. The van der Waals surface area contributed by atoms with Crippen LogP contribution in [0.25, 0.3) is 0 Å². The lowest BCUT2D eigenvalue weighted by Crippen LogP contribution is -2.38. The SMILES string of the molecule is CCNC(=O)CNCC(O)COCC. The lowest BCUT2D eigenvalue weighted by Gasteiger charge is -2.11. The summed E-state index contributed by atoms with van der Waals surface area (Å²) in [5.74, 6) is -0.0592. The van der Waals surface area contributed by atoms with Crippen LogP contribution in [0.4, 0.5) is 0 Å². The number of aliphatic hydroxyl groups is 1. The van der Waals surface area contributed by atoms with Gasteiger partial charge < -0.3 is 20.5 Å². The van der Waals surface area contributed by atoms with Gasteiger partial charge >= 0.3 is 0 Å². The molecule has 5 heteroatoms. The van der Waals surface area contributed by atoms with Crippen LogP contribution in [0.3, 0.4) is 0 Å². The van der Waals surface area contributed by atoms with Crippen LogP contribution in [-0.2, 0) is 9.53 Å². The second-order valence-electron chi connectivity index (χ2n) is 2.90. The highest BCUT2D eigenvalue weighted by Crippen LogP contribution is 1.82. The smallest absolute Gasteiger partial charge is 0.233 e. The molecular weight excluding hydrogens is 184 g/mol. The van der Waals surface area contributed by atoms with Gasteiger partial charge in [-0.3, -0.25) is 4.79 Å². The average Bonchev–Trinajstić information content (AvgIpc) is 2.15. The second-order valence-corrected chi connectivity index (χ2v) is 2.90. The van der Waals surface area contributed by atoms with Crippen LogP contribution in [0.5, 0.6) is 0 Å². The molecule has 0 spiro atoms. The Hall–Kier alpha value is -0.650. The van der Waals surface area contributed by atoms with Gasteiger partial charge in [-0.25, -0.2) is 0 Å². The number of hydrogen-bond donors (Lipinski definition) is 3. The molecule has 0 aromatic carbocycles. The molecule has 1 atom stereocenters. The van der Waals surface area contributed by atoms with Crippen molar-refractivity contribution in [1.29, 1.82) is 0 Å². The van der Waals surface area contributed by atoms with Crippen molar-refractivity contribution in [3.05, 3.63) is 0 Å². The fourth-order valence-corrected chi connectivity index (χ4v) is 0.925. The van der Waals surface area contributed by atoms with Gasteiger partial charge in [0, 0.05) is 19.7 Å². The van der Waals surface area contributed by atoms with Gasteiger partial charge in [-0.1, -0.05) is 0 Å². The van der Waals surface area contributed by atoms with E-state index in [-0.39, 0.29) is 12.5 Å². The quantitative estimate of drug-likeness (QED) is 0.480. The third kappa shape index (κ3) is 7.97. The molecule has 0 saturated heterocycles. The van der Waals surface area contributed by atoms with E-state index in [0.717, 1.165) is 0 Å². The molecule has 0 rings (SSSR count). The molecular formula is C9H20N2O3. The molecule has 0 radical (unpaired) electrons. The van der Waals surface area contributed by atoms with Crippen molar-refractivity contribution >= 4 is 5.91 Å². The van der Waals surface area contributed by atoms with Gasteiger partial charge in [0.25, 0.3) is 0 Å². The van der Waals surface area contributed by atoms with Crippen LogP contribution in [0.1, 0.15) is 13.8 Å². The highest BCUT2D eigenvalue weighted by atomic mass is 16.5. The monoisotopic (exact) mass is 204 g/mol. The average molecular weight is 204 g/mol. The summed E-state index contributed by atoms with van der Waals surface area (Å²) in [6.07, 6.45) is -0.552. The molecule has 0 aliphatic carbocycles. The topological polar surface area (TPSA) is 70.6 Å². The Morgan fingerprint density at radius 1 is 1.50 bits per heavy atom. The minimum atomic E-state index is -0.552. The normalized spacial score (nSPS) is 12.5. The van der Waals surface area contributed by atoms with Crippen molar-refractivity contribution in [2.24, 2.45) is 0 Å². The lowest BCUT2D eigenvalue weighted by atomic mass is 10.3. The fourth-order valence-electron chi connectivity index (χ4n) is 0.925. The molecule has 1 amide bonds. The zero-order chi connectivity index (χ0) is 10.8. The lowest BCUT2D eigenvalue weighted by molar-refractivity contribution is -0.120. The molecule has 0 aromatic heterocycles. The number of aliphatic hydroxyl groups excluding tert-OH is 1. The number of carbonyl (C=O) groups is 1. The van der Waals surface area contributed by atoms with Crippen LogP contribution in [0, 0.1) is 0 Å². The third-order valence-corrected chi connectivity index (χ3v) is 1.55. The number of amides is 1. The number of rotatable bonds is 8. The van der Waals surface area contributed by atoms with Crippen LogP contribution >= 0.6 is 0 Å². The van der Waals surface area contributed by atoms with E-state index < -0.39 is 6.10 Å². The van der Waals surface area contributed by atoms with E-state index in [2.05, 4.69) is 10.6 Å². The van der Waals surface area contributed by atoms with E-state index in [1.807, 2.05) is 13.8 Å². The molecule has 14 heavy (non-hydrogen) atoms. The first-order valence-electron chi connectivity index (χ1n) is 4.93. The predicted molar refractivity (Wildman–Crippen MR) is 54.1 cm³/mol. The van der Waals surface area contributed by atoms with E-state index in [9.17, 15) is 9.90 Å². The summed E-state index contributed by atoms with van der Waals surface area (Å²) in [5.41, 5.74) is 0. The van der Waals surface area contributed by atoms with Crippen LogP contribution < -0.4 is 10.6 Å². The summed E-state index contributed by atoms with van der Waals surface area (Å²) in [4.78, 5) is 11.0. The van der Waals surface area contributed by atoms with E-state index in [4.69, 9.17) is 4.74 Å². The largest absolute Gasteiger partial charge is 0.389 e. The first kappa shape index (κ1) is 13.4. The van der Waals surface area contributed by atoms with Gasteiger partial charge in [-0.05, 0) is 13.8 Å². The van der Waals surface area contributed by atoms with Gasteiger partial charge in [0.1, 0.15) is 0 Å². The van der Waals surface area contributed by atoms with E-state index in [0.29, 0.717) is 26.3 Å². The van der Waals surface area contributed by atoms with Crippen molar-refractivity contribution in [1.82, 2.24) is 10.6 Å². The summed E-state index contributed by atoms with van der Waals surface area (Å²) in [5, 5.41) is 14.8. The second kappa shape index (κ2) is 8.93. The summed E-state index contributed by atoms with van der Waals surface area (Å²) >= 11 is 0. The van der Waals surface area contributed by atoms with Crippen molar-refractivity contribution in [2.45, 2.75) is 20.0 Å². The zero-order valence-corrected chi connectivity index (χ0v) is 8.88.